The predicted octanol–water partition coefficient (Wildman–Crippen LogP) is 2.05. The fraction of sp³-hybridized carbons (Fsp3) is 0.176. The van der Waals surface area contributed by atoms with E-state index < -0.39 is 15.9 Å². The summed E-state index contributed by atoms with van der Waals surface area (Å²) in [5.41, 5.74) is 2.20. The molecule has 8 nitrogen and oxygen atoms in total. The number of sulfonamides is 1. The molecule has 0 atom stereocenters. The van der Waals surface area contributed by atoms with Crippen LogP contribution >= 0.6 is 0 Å². The van der Waals surface area contributed by atoms with Gasteiger partial charge in [-0.25, -0.2) is 8.42 Å². The highest BCUT2D eigenvalue weighted by atomic mass is 32.2. The average Bonchev–Trinajstić information content (AvgIpc) is 2.57. The molecule has 2 aromatic carbocycles. The Labute approximate surface area is 151 Å². The van der Waals surface area contributed by atoms with Crippen molar-refractivity contribution < 1.29 is 22.8 Å². The molecule has 3 N–H and O–H groups in total. The van der Waals surface area contributed by atoms with Gasteiger partial charge in [-0.15, -0.1) is 0 Å². The number of carbonyl (C=O) groups is 2. The largest absolute Gasteiger partial charge is 0.326 e. The number of aryl methyl sites for hydroxylation is 1. The first kappa shape index (κ1) is 19.6. The van der Waals surface area contributed by atoms with Crippen LogP contribution in [0.15, 0.2) is 47.4 Å². The van der Waals surface area contributed by atoms with Crippen LogP contribution in [0.1, 0.15) is 22.8 Å². The van der Waals surface area contributed by atoms with Gasteiger partial charge < -0.3 is 10.6 Å². The lowest BCUT2D eigenvalue weighted by atomic mass is 10.1. The van der Waals surface area contributed by atoms with Crippen LogP contribution in [-0.4, -0.2) is 27.3 Å². The summed E-state index contributed by atoms with van der Waals surface area (Å²) < 4.78 is 23.6. The number of hydrogen-bond acceptors (Lipinski definition) is 5. The number of amides is 2. The van der Waals surface area contributed by atoms with E-state index in [1.807, 2.05) is 11.8 Å². The van der Waals surface area contributed by atoms with Crippen molar-refractivity contribution in [3.63, 3.8) is 0 Å². The molecule has 0 aliphatic carbocycles. The zero-order chi connectivity index (χ0) is 19.3. The van der Waals surface area contributed by atoms with Crippen LogP contribution in [0.4, 0.5) is 11.4 Å². The summed E-state index contributed by atoms with van der Waals surface area (Å²) in [6.45, 7) is 3.21. The molecule has 138 valence electrons. The summed E-state index contributed by atoms with van der Waals surface area (Å²) in [7, 11) is -2.59. The Bertz CT molecular complexity index is 924. The van der Waals surface area contributed by atoms with Crippen molar-refractivity contribution in [3.8, 4) is 0 Å². The van der Waals surface area contributed by atoms with Gasteiger partial charge in [0.05, 0.1) is 12.0 Å². The molecule has 0 bridgehead atoms. The summed E-state index contributed by atoms with van der Waals surface area (Å²) >= 11 is 0. The third-order valence-corrected chi connectivity index (χ3v) is 4.70. The first-order valence-electron chi connectivity index (χ1n) is 7.57. The third-order valence-electron chi connectivity index (χ3n) is 3.43. The van der Waals surface area contributed by atoms with Gasteiger partial charge in [0.1, 0.15) is 0 Å². The van der Waals surface area contributed by atoms with Crippen LogP contribution in [0.3, 0.4) is 0 Å². The second kappa shape index (κ2) is 8.09. The minimum atomic E-state index is -3.78. The molecule has 2 rings (SSSR count). The van der Waals surface area contributed by atoms with Gasteiger partial charge >= 0.3 is 0 Å². The number of carbonyl (C=O) groups excluding carboxylic acids is 2. The monoisotopic (exact) mass is 377 g/mol. The van der Waals surface area contributed by atoms with Crippen molar-refractivity contribution >= 4 is 33.2 Å². The van der Waals surface area contributed by atoms with E-state index >= 15 is 0 Å². The molecule has 0 aromatic heterocycles. The summed E-state index contributed by atoms with van der Waals surface area (Å²) in [5, 5.41) is 5.39. The maximum atomic E-state index is 12.4. The number of rotatable bonds is 6. The van der Waals surface area contributed by atoms with Gasteiger partial charge in [-0.05, 0) is 48.9 Å². The summed E-state index contributed by atoms with van der Waals surface area (Å²) in [6, 6.07) is 10.5. The molecule has 0 aliphatic rings. The topological polar surface area (TPSA) is 114 Å². The fourth-order valence-electron chi connectivity index (χ4n) is 2.18. The molecule has 0 saturated carbocycles. The number of hydrogen-bond donors (Lipinski definition) is 3. The fourth-order valence-corrected chi connectivity index (χ4v) is 2.99. The molecule has 0 unspecified atom stereocenters. The first-order chi connectivity index (χ1) is 12.2. The Kier molecular flexibility index (Phi) is 6.09. The second-order valence-corrected chi connectivity index (χ2v) is 7.13. The number of benzene rings is 2. The third kappa shape index (κ3) is 4.88. The van der Waals surface area contributed by atoms with Gasteiger partial charge in [0, 0.05) is 23.9 Å². The maximum Gasteiger partial charge on any atom is 0.262 e. The van der Waals surface area contributed by atoms with Crippen molar-refractivity contribution in [1.82, 2.24) is 4.89 Å². The van der Waals surface area contributed by atoms with Crippen molar-refractivity contribution in [2.24, 2.45) is 0 Å². The molecule has 0 heterocycles. The first-order valence-corrected chi connectivity index (χ1v) is 9.05. The van der Waals surface area contributed by atoms with Crippen molar-refractivity contribution in [1.29, 1.82) is 0 Å². The van der Waals surface area contributed by atoms with Gasteiger partial charge in [-0.1, -0.05) is 11.0 Å². The predicted molar refractivity (Wildman–Crippen MR) is 97.2 cm³/mol. The van der Waals surface area contributed by atoms with Gasteiger partial charge in [-0.3, -0.25) is 14.4 Å². The lowest BCUT2D eigenvalue weighted by Crippen LogP contribution is -2.22. The van der Waals surface area contributed by atoms with Crippen LogP contribution in [0.2, 0.25) is 0 Å². The zero-order valence-corrected chi connectivity index (χ0v) is 15.3. The molecule has 2 amide bonds. The maximum absolute atomic E-state index is 12.4. The van der Waals surface area contributed by atoms with Gasteiger partial charge in [0.2, 0.25) is 5.91 Å². The molecule has 0 spiro atoms. The van der Waals surface area contributed by atoms with E-state index in [0.29, 0.717) is 11.4 Å². The number of nitrogens with one attached hydrogen (secondary N) is 3. The minimum Gasteiger partial charge on any atom is -0.326 e. The lowest BCUT2D eigenvalue weighted by molar-refractivity contribution is -0.114. The lowest BCUT2D eigenvalue weighted by Gasteiger charge is -2.11. The van der Waals surface area contributed by atoms with E-state index in [1.54, 1.807) is 18.2 Å². The zero-order valence-electron chi connectivity index (χ0n) is 14.5. The molecule has 0 radical (unpaired) electrons. The summed E-state index contributed by atoms with van der Waals surface area (Å²) in [6.07, 6.45) is 0. The van der Waals surface area contributed by atoms with E-state index in [1.165, 1.54) is 38.3 Å². The molecule has 0 fully saturated rings. The van der Waals surface area contributed by atoms with E-state index in [-0.39, 0.29) is 16.4 Å². The Balaban J connectivity index is 2.19. The normalized spacial score (nSPS) is 11.0. The molecular formula is C17H19N3O5S. The van der Waals surface area contributed by atoms with Gasteiger partial charge in [-0.2, -0.15) is 0 Å². The highest BCUT2D eigenvalue weighted by Crippen LogP contribution is 2.21. The van der Waals surface area contributed by atoms with E-state index in [2.05, 4.69) is 15.5 Å². The Morgan fingerprint density at radius 3 is 2.23 bits per heavy atom. The van der Waals surface area contributed by atoms with Crippen LogP contribution in [0, 0.1) is 6.92 Å². The highest BCUT2D eigenvalue weighted by Gasteiger charge is 2.15. The Morgan fingerprint density at radius 2 is 1.65 bits per heavy atom. The van der Waals surface area contributed by atoms with Crippen molar-refractivity contribution in [2.75, 3.05) is 17.7 Å². The molecule has 0 aliphatic heterocycles. The van der Waals surface area contributed by atoms with Crippen LogP contribution in [0.5, 0.6) is 0 Å². The van der Waals surface area contributed by atoms with Crippen LogP contribution in [-0.2, 0) is 19.7 Å². The molecule has 2 aromatic rings. The van der Waals surface area contributed by atoms with Crippen molar-refractivity contribution in [3.05, 3.63) is 53.6 Å². The van der Waals surface area contributed by atoms with E-state index in [9.17, 15) is 18.0 Å². The van der Waals surface area contributed by atoms with Crippen LogP contribution < -0.4 is 15.5 Å². The van der Waals surface area contributed by atoms with E-state index in [0.717, 1.165) is 5.56 Å². The summed E-state index contributed by atoms with van der Waals surface area (Å²) in [5.74, 6) is -0.621. The highest BCUT2D eigenvalue weighted by molar-refractivity contribution is 7.89. The Hall–Kier alpha value is -2.75. The smallest absolute Gasteiger partial charge is 0.262 e. The summed E-state index contributed by atoms with van der Waals surface area (Å²) in [4.78, 5) is 29.8. The molecule has 0 saturated heterocycles. The average molecular weight is 377 g/mol. The SMILES string of the molecule is CONS(=O)(=O)c1ccc(C(=O)Nc2cc(NC(C)=O)ccc2C)cc1. The second-order valence-electron chi connectivity index (χ2n) is 5.48. The molecular weight excluding hydrogens is 358 g/mol. The minimum absolute atomic E-state index is 0.0280. The van der Waals surface area contributed by atoms with Crippen LogP contribution in [0.25, 0.3) is 0 Å². The quantitative estimate of drug-likeness (QED) is 0.667. The molecule has 9 heteroatoms. The van der Waals surface area contributed by atoms with Gasteiger partial charge in [0.25, 0.3) is 15.9 Å². The standard InChI is InChI=1S/C17H19N3O5S/c1-11-4-7-14(18-12(2)21)10-16(11)19-17(22)13-5-8-15(9-6-13)26(23,24)20-25-3/h4-10,20H,1-3H3,(H,18,21)(H,19,22). The molecule has 26 heavy (non-hydrogen) atoms. The Morgan fingerprint density at radius 1 is 1.00 bits per heavy atom. The van der Waals surface area contributed by atoms with Crippen molar-refractivity contribution in [2.45, 2.75) is 18.7 Å². The van der Waals surface area contributed by atoms with Gasteiger partial charge in [0.15, 0.2) is 0 Å². The number of anilines is 2. The van der Waals surface area contributed by atoms with E-state index in [4.69, 9.17) is 0 Å².